The van der Waals surface area contributed by atoms with Gasteiger partial charge in [-0.15, -0.1) is 11.3 Å². The largest absolute Gasteiger partial charge is 0.345 e. The number of aromatic nitrogens is 1. The molecule has 0 saturated carbocycles. The molecule has 2 heterocycles. The van der Waals surface area contributed by atoms with Crippen molar-refractivity contribution in [3.63, 3.8) is 0 Å². The zero-order valence-corrected chi connectivity index (χ0v) is 21.4. The first-order valence-corrected chi connectivity index (χ1v) is 13.4. The Kier molecular flexibility index (Phi) is 6.84. The van der Waals surface area contributed by atoms with Crippen molar-refractivity contribution < 1.29 is 8.42 Å². The van der Waals surface area contributed by atoms with Gasteiger partial charge in [-0.05, 0) is 55.2 Å². The molecule has 0 N–H and O–H groups in total. The third kappa shape index (κ3) is 4.82. The van der Waals surface area contributed by atoms with E-state index in [2.05, 4.69) is 42.3 Å². The standard InChI is InChI=1S/C23H25Cl2N3O2S2/c1-15-4-5-18(10-16(15)2)12-19-14-31-23(26-19)27-6-8-28(9-7-27)32(29,30)22-11-17(3)20(24)13-21(22)25/h4-5,10-11,13-14H,6-9,12H2,1-3H3. The molecule has 9 heteroatoms. The monoisotopic (exact) mass is 509 g/mol. The highest BCUT2D eigenvalue weighted by Crippen LogP contribution is 2.31. The average molecular weight is 511 g/mol. The van der Waals surface area contributed by atoms with Gasteiger partial charge in [0.25, 0.3) is 0 Å². The summed E-state index contributed by atoms with van der Waals surface area (Å²) in [5, 5.41) is 3.63. The van der Waals surface area contributed by atoms with Gasteiger partial charge in [0.2, 0.25) is 10.0 Å². The fourth-order valence-electron chi connectivity index (χ4n) is 3.73. The lowest BCUT2D eigenvalue weighted by molar-refractivity contribution is 0.384. The van der Waals surface area contributed by atoms with Crippen molar-refractivity contribution in [2.45, 2.75) is 32.1 Å². The Bertz CT molecular complexity index is 1250. The lowest BCUT2D eigenvalue weighted by Gasteiger charge is -2.34. The van der Waals surface area contributed by atoms with Gasteiger partial charge in [0.05, 0.1) is 10.7 Å². The van der Waals surface area contributed by atoms with Gasteiger partial charge in [-0.3, -0.25) is 0 Å². The summed E-state index contributed by atoms with van der Waals surface area (Å²) in [5.74, 6) is 0. The van der Waals surface area contributed by atoms with Crippen molar-refractivity contribution in [3.05, 3.63) is 73.7 Å². The molecule has 4 rings (SSSR count). The number of halogens is 2. The van der Waals surface area contributed by atoms with Gasteiger partial charge in [-0.2, -0.15) is 4.31 Å². The predicted octanol–water partition coefficient (Wildman–Crippen LogP) is 5.48. The predicted molar refractivity (Wildman–Crippen MR) is 133 cm³/mol. The number of aryl methyl sites for hydroxylation is 3. The summed E-state index contributed by atoms with van der Waals surface area (Å²) >= 11 is 13.9. The Labute approximate surface area is 203 Å². The third-order valence-corrected chi connectivity index (χ3v) is 9.56. The normalized spacial score (nSPS) is 15.3. The molecule has 0 bridgehead atoms. The molecule has 1 aliphatic heterocycles. The molecule has 2 aromatic carbocycles. The summed E-state index contributed by atoms with van der Waals surface area (Å²) in [4.78, 5) is 7.06. The SMILES string of the molecule is Cc1ccc(Cc2csc(N3CCN(S(=O)(=O)c4cc(C)c(Cl)cc4Cl)CC3)n2)cc1C. The Morgan fingerprint density at radius 1 is 0.938 bits per heavy atom. The number of thiazole rings is 1. The van der Waals surface area contributed by atoms with Gasteiger partial charge in [0.15, 0.2) is 5.13 Å². The minimum atomic E-state index is -3.68. The summed E-state index contributed by atoms with van der Waals surface area (Å²) in [5.41, 5.74) is 5.54. The van der Waals surface area contributed by atoms with Gasteiger partial charge in [0.1, 0.15) is 4.90 Å². The molecule has 0 amide bonds. The quantitative estimate of drug-likeness (QED) is 0.457. The van der Waals surface area contributed by atoms with Crippen molar-refractivity contribution in [2.75, 3.05) is 31.1 Å². The number of sulfonamides is 1. The molecule has 1 fully saturated rings. The lowest BCUT2D eigenvalue weighted by Crippen LogP contribution is -2.48. The molecule has 32 heavy (non-hydrogen) atoms. The number of nitrogens with zero attached hydrogens (tertiary/aromatic N) is 3. The first-order chi connectivity index (χ1) is 15.1. The minimum absolute atomic E-state index is 0.111. The molecule has 5 nitrogen and oxygen atoms in total. The number of benzene rings is 2. The second-order valence-electron chi connectivity index (χ2n) is 8.14. The fourth-order valence-corrected chi connectivity index (χ4v) is 6.84. The highest BCUT2D eigenvalue weighted by atomic mass is 35.5. The van der Waals surface area contributed by atoms with E-state index < -0.39 is 10.0 Å². The number of hydrogen-bond acceptors (Lipinski definition) is 5. The summed E-state index contributed by atoms with van der Waals surface area (Å²) in [7, 11) is -3.68. The number of hydrogen-bond donors (Lipinski definition) is 0. The highest BCUT2D eigenvalue weighted by molar-refractivity contribution is 7.89. The molecule has 0 aliphatic carbocycles. The molecule has 1 aliphatic rings. The first-order valence-electron chi connectivity index (χ1n) is 10.4. The molecular formula is C23H25Cl2N3O2S2. The van der Waals surface area contributed by atoms with E-state index >= 15 is 0 Å². The maximum atomic E-state index is 13.1. The van der Waals surface area contributed by atoms with Crippen molar-refractivity contribution in [1.82, 2.24) is 9.29 Å². The molecule has 3 aromatic rings. The number of piperazine rings is 1. The summed E-state index contributed by atoms with van der Waals surface area (Å²) in [6.07, 6.45) is 0.792. The Morgan fingerprint density at radius 3 is 2.34 bits per heavy atom. The topological polar surface area (TPSA) is 53.5 Å². The molecule has 0 unspecified atom stereocenters. The maximum absolute atomic E-state index is 13.1. The number of anilines is 1. The van der Waals surface area contributed by atoms with Crippen molar-refractivity contribution >= 4 is 49.7 Å². The lowest BCUT2D eigenvalue weighted by atomic mass is 10.0. The molecule has 0 radical (unpaired) electrons. The Morgan fingerprint density at radius 2 is 1.66 bits per heavy atom. The molecule has 0 spiro atoms. The molecule has 1 saturated heterocycles. The van der Waals surface area contributed by atoms with Gasteiger partial charge in [0, 0.05) is 43.0 Å². The van der Waals surface area contributed by atoms with Gasteiger partial charge in [-0.25, -0.2) is 13.4 Å². The van der Waals surface area contributed by atoms with Crippen LogP contribution >= 0.6 is 34.5 Å². The second-order valence-corrected chi connectivity index (χ2v) is 11.7. The van der Waals surface area contributed by atoms with Crippen molar-refractivity contribution in [3.8, 4) is 0 Å². The summed E-state index contributed by atoms with van der Waals surface area (Å²) < 4.78 is 27.8. The van der Waals surface area contributed by atoms with Crippen LogP contribution < -0.4 is 4.90 Å². The van der Waals surface area contributed by atoms with Crippen LogP contribution in [0.2, 0.25) is 10.0 Å². The zero-order chi connectivity index (χ0) is 23.0. The third-order valence-electron chi connectivity index (χ3n) is 5.84. The van der Waals surface area contributed by atoms with Gasteiger partial charge >= 0.3 is 0 Å². The average Bonchev–Trinajstić information content (AvgIpc) is 3.22. The zero-order valence-electron chi connectivity index (χ0n) is 18.2. The van der Waals surface area contributed by atoms with E-state index in [1.54, 1.807) is 24.3 Å². The van der Waals surface area contributed by atoms with E-state index in [9.17, 15) is 8.42 Å². The van der Waals surface area contributed by atoms with Crippen LogP contribution in [-0.2, 0) is 16.4 Å². The minimum Gasteiger partial charge on any atom is -0.345 e. The second kappa shape index (κ2) is 9.31. The van der Waals surface area contributed by atoms with Gasteiger partial charge in [-0.1, -0.05) is 41.4 Å². The van der Waals surface area contributed by atoms with E-state index in [-0.39, 0.29) is 9.92 Å². The van der Waals surface area contributed by atoms with Crippen LogP contribution in [-0.4, -0.2) is 43.9 Å². The first kappa shape index (κ1) is 23.5. The summed E-state index contributed by atoms with van der Waals surface area (Å²) in [6.45, 7) is 7.94. The fraction of sp³-hybridized carbons (Fsp3) is 0.348. The van der Waals surface area contributed by atoms with Crippen LogP contribution in [0.5, 0.6) is 0 Å². The van der Waals surface area contributed by atoms with Crippen LogP contribution in [0.4, 0.5) is 5.13 Å². The smallest absolute Gasteiger partial charge is 0.244 e. The van der Waals surface area contributed by atoms with Crippen LogP contribution in [0, 0.1) is 20.8 Å². The molecule has 0 atom stereocenters. The Hall–Kier alpha value is -1.64. The number of rotatable bonds is 5. The van der Waals surface area contributed by atoms with Crippen LogP contribution in [0.25, 0.3) is 0 Å². The van der Waals surface area contributed by atoms with E-state index in [0.29, 0.717) is 36.8 Å². The molecule has 1 aromatic heterocycles. The molecule has 170 valence electrons. The van der Waals surface area contributed by atoms with Crippen LogP contribution in [0.15, 0.2) is 40.6 Å². The molecular weight excluding hydrogens is 485 g/mol. The van der Waals surface area contributed by atoms with E-state index in [1.165, 1.54) is 27.1 Å². The van der Waals surface area contributed by atoms with E-state index in [0.717, 1.165) is 17.2 Å². The van der Waals surface area contributed by atoms with Crippen molar-refractivity contribution in [1.29, 1.82) is 0 Å². The van der Waals surface area contributed by atoms with Crippen LogP contribution in [0.1, 0.15) is 27.9 Å². The van der Waals surface area contributed by atoms with E-state index in [4.69, 9.17) is 28.2 Å². The van der Waals surface area contributed by atoms with Crippen molar-refractivity contribution in [2.24, 2.45) is 0 Å². The highest BCUT2D eigenvalue weighted by Gasteiger charge is 2.31. The van der Waals surface area contributed by atoms with Crippen LogP contribution in [0.3, 0.4) is 0 Å². The Balaban J connectivity index is 1.43. The summed E-state index contributed by atoms with van der Waals surface area (Å²) in [6, 6.07) is 9.54. The maximum Gasteiger partial charge on any atom is 0.244 e. The van der Waals surface area contributed by atoms with Gasteiger partial charge < -0.3 is 4.90 Å². The van der Waals surface area contributed by atoms with E-state index in [1.807, 2.05) is 0 Å².